The number of amides is 2. The van der Waals surface area contributed by atoms with Gasteiger partial charge in [-0.3, -0.25) is 9.59 Å². The molecule has 38 heavy (non-hydrogen) atoms. The molecule has 188 valence electrons. The number of H-pyrrole nitrogens is 1. The van der Waals surface area contributed by atoms with Crippen LogP contribution in [-0.4, -0.2) is 38.5 Å². The van der Waals surface area contributed by atoms with Crippen LogP contribution in [0.2, 0.25) is 0 Å². The summed E-state index contributed by atoms with van der Waals surface area (Å²) in [6.07, 6.45) is 0. The van der Waals surface area contributed by atoms with Crippen molar-refractivity contribution in [1.29, 1.82) is 0 Å². The Bertz CT molecular complexity index is 1560. The van der Waals surface area contributed by atoms with Crippen molar-refractivity contribution in [3.63, 3.8) is 0 Å². The number of carbonyl (C=O) groups excluding carboxylic acids is 2. The Morgan fingerprint density at radius 1 is 0.921 bits per heavy atom. The standard InChI is InChI=1S/C31H26N4O2S/c36-30(32-24-16-14-22(15-17-24)29-33-26-12-6-7-13-27(26)34-29)28(20-38-19-21-8-2-1-3-9-21)35-18-23-10-4-5-11-25(23)31(35)37/h1-17,28H,18-20H2,(H,32,36)(H,33,34)/t28-/m0/s1. The Labute approximate surface area is 225 Å². The van der Waals surface area contributed by atoms with E-state index in [0.717, 1.165) is 33.7 Å². The number of hydrogen-bond donors (Lipinski definition) is 2. The van der Waals surface area contributed by atoms with E-state index < -0.39 is 6.04 Å². The Morgan fingerprint density at radius 3 is 2.45 bits per heavy atom. The van der Waals surface area contributed by atoms with E-state index in [4.69, 9.17) is 0 Å². The van der Waals surface area contributed by atoms with E-state index in [-0.39, 0.29) is 11.8 Å². The second-order valence-corrected chi connectivity index (χ2v) is 10.3. The van der Waals surface area contributed by atoms with Gasteiger partial charge in [0.05, 0.1) is 11.0 Å². The number of para-hydroxylation sites is 2. The smallest absolute Gasteiger partial charge is 0.255 e. The summed E-state index contributed by atoms with van der Waals surface area (Å²) in [6, 6.07) is 32.6. The molecule has 0 aliphatic carbocycles. The van der Waals surface area contributed by atoms with Crippen LogP contribution >= 0.6 is 11.8 Å². The van der Waals surface area contributed by atoms with Crippen molar-refractivity contribution < 1.29 is 9.59 Å². The molecule has 0 bridgehead atoms. The van der Waals surface area contributed by atoms with Gasteiger partial charge in [0.25, 0.3) is 5.91 Å². The molecule has 0 saturated heterocycles. The fourth-order valence-corrected chi connectivity index (χ4v) is 5.83. The van der Waals surface area contributed by atoms with Crippen LogP contribution in [-0.2, 0) is 17.1 Å². The number of nitrogens with one attached hydrogen (secondary N) is 2. The summed E-state index contributed by atoms with van der Waals surface area (Å²) >= 11 is 1.66. The highest BCUT2D eigenvalue weighted by atomic mass is 32.2. The Balaban J connectivity index is 1.19. The maximum Gasteiger partial charge on any atom is 0.255 e. The zero-order valence-electron chi connectivity index (χ0n) is 20.6. The fraction of sp³-hybridized carbons (Fsp3) is 0.129. The first-order valence-corrected chi connectivity index (χ1v) is 13.7. The maximum atomic E-state index is 13.6. The zero-order chi connectivity index (χ0) is 25.9. The summed E-state index contributed by atoms with van der Waals surface area (Å²) in [7, 11) is 0. The fourth-order valence-electron chi connectivity index (χ4n) is 4.72. The summed E-state index contributed by atoms with van der Waals surface area (Å²) in [6.45, 7) is 0.435. The van der Waals surface area contributed by atoms with Gasteiger partial charge in [-0.1, -0.05) is 60.7 Å². The van der Waals surface area contributed by atoms with Crippen molar-refractivity contribution in [2.75, 3.05) is 11.1 Å². The van der Waals surface area contributed by atoms with E-state index in [1.807, 2.05) is 91.0 Å². The third-order valence-corrected chi connectivity index (χ3v) is 7.82. The molecule has 1 aliphatic heterocycles. The van der Waals surface area contributed by atoms with E-state index in [2.05, 4.69) is 27.4 Å². The van der Waals surface area contributed by atoms with Gasteiger partial charge in [0.2, 0.25) is 5.91 Å². The van der Waals surface area contributed by atoms with E-state index in [0.29, 0.717) is 23.5 Å². The number of thioether (sulfide) groups is 1. The molecule has 6 nitrogen and oxygen atoms in total. The summed E-state index contributed by atoms with van der Waals surface area (Å²) < 4.78 is 0. The van der Waals surface area contributed by atoms with Crippen LogP contribution in [0.15, 0.2) is 103 Å². The first kappa shape index (κ1) is 24.0. The topological polar surface area (TPSA) is 78.1 Å². The van der Waals surface area contributed by atoms with Gasteiger partial charge in [-0.25, -0.2) is 4.98 Å². The SMILES string of the molecule is O=C(Nc1ccc(-c2nc3ccccc3[nH]2)cc1)[C@H](CSCc1ccccc1)N1Cc2ccccc2C1=O. The summed E-state index contributed by atoms with van der Waals surface area (Å²) in [4.78, 5) is 36.5. The number of hydrogen-bond acceptors (Lipinski definition) is 4. The second-order valence-electron chi connectivity index (χ2n) is 9.28. The average molecular weight is 519 g/mol. The maximum absolute atomic E-state index is 13.6. The minimum Gasteiger partial charge on any atom is -0.338 e. The molecule has 7 heteroatoms. The molecule has 5 aromatic rings. The lowest BCUT2D eigenvalue weighted by Gasteiger charge is -2.27. The van der Waals surface area contributed by atoms with Gasteiger partial charge in [-0.2, -0.15) is 11.8 Å². The lowest BCUT2D eigenvalue weighted by Crippen LogP contribution is -2.46. The van der Waals surface area contributed by atoms with Crippen molar-refractivity contribution >= 4 is 40.3 Å². The lowest BCUT2D eigenvalue weighted by atomic mass is 10.1. The number of benzene rings is 4. The van der Waals surface area contributed by atoms with Crippen molar-refractivity contribution in [3.8, 4) is 11.4 Å². The van der Waals surface area contributed by atoms with Crippen LogP contribution in [0.5, 0.6) is 0 Å². The van der Waals surface area contributed by atoms with Gasteiger partial charge in [0.1, 0.15) is 11.9 Å². The molecule has 6 rings (SSSR count). The number of rotatable bonds is 8. The van der Waals surface area contributed by atoms with Crippen molar-refractivity contribution in [1.82, 2.24) is 14.9 Å². The molecule has 2 amide bonds. The molecule has 2 N–H and O–H groups in total. The van der Waals surface area contributed by atoms with E-state index in [1.54, 1.807) is 16.7 Å². The normalized spacial score (nSPS) is 13.5. The van der Waals surface area contributed by atoms with Gasteiger partial charge >= 0.3 is 0 Å². The molecule has 4 aromatic carbocycles. The van der Waals surface area contributed by atoms with Crippen LogP contribution in [0, 0.1) is 0 Å². The largest absolute Gasteiger partial charge is 0.338 e. The first-order valence-electron chi connectivity index (χ1n) is 12.5. The number of carbonyl (C=O) groups is 2. The number of imidazole rings is 1. The predicted octanol–water partition coefficient (Wildman–Crippen LogP) is 6.13. The second kappa shape index (κ2) is 10.6. The van der Waals surface area contributed by atoms with Gasteiger partial charge in [0.15, 0.2) is 0 Å². The molecular formula is C31H26N4O2S. The highest BCUT2D eigenvalue weighted by molar-refractivity contribution is 7.98. The summed E-state index contributed by atoms with van der Waals surface area (Å²) in [5.41, 5.74) is 6.32. The minimum absolute atomic E-state index is 0.0960. The van der Waals surface area contributed by atoms with E-state index in [9.17, 15) is 9.59 Å². The van der Waals surface area contributed by atoms with Crippen molar-refractivity contribution in [2.24, 2.45) is 0 Å². The van der Waals surface area contributed by atoms with Crippen LogP contribution in [0.4, 0.5) is 5.69 Å². The highest BCUT2D eigenvalue weighted by Gasteiger charge is 2.36. The number of aromatic amines is 1. The third kappa shape index (κ3) is 4.93. The van der Waals surface area contributed by atoms with E-state index in [1.165, 1.54) is 5.56 Å². The lowest BCUT2D eigenvalue weighted by molar-refractivity contribution is -0.119. The number of anilines is 1. The van der Waals surface area contributed by atoms with Crippen molar-refractivity contribution in [2.45, 2.75) is 18.3 Å². The van der Waals surface area contributed by atoms with Crippen LogP contribution in [0.1, 0.15) is 21.5 Å². The number of nitrogens with zero attached hydrogens (tertiary/aromatic N) is 2. The Hall–Kier alpha value is -4.36. The summed E-state index contributed by atoms with van der Waals surface area (Å²) in [5.74, 6) is 1.76. The Kier molecular flexibility index (Phi) is 6.67. The zero-order valence-corrected chi connectivity index (χ0v) is 21.4. The van der Waals surface area contributed by atoms with Crippen LogP contribution in [0.3, 0.4) is 0 Å². The van der Waals surface area contributed by atoms with Gasteiger partial charge in [-0.15, -0.1) is 0 Å². The average Bonchev–Trinajstić information content (AvgIpc) is 3.53. The summed E-state index contributed by atoms with van der Waals surface area (Å²) in [5, 5.41) is 3.04. The quantitative estimate of drug-likeness (QED) is 0.259. The van der Waals surface area contributed by atoms with Gasteiger partial charge < -0.3 is 15.2 Å². The molecule has 0 unspecified atom stereocenters. The Morgan fingerprint density at radius 2 is 1.66 bits per heavy atom. The molecule has 2 heterocycles. The minimum atomic E-state index is -0.598. The first-order chi connectivity index (χ1) is 18.7. The molecule has 0 fully saturated rings. The van der Waals surface area contributed by atoms with Gasteiger partial charge in [-0.05, 0) is 53.6 Å². The molecular weight excluding hydrogens is 492 g/mol. The molecule has 0 saturated carbocycles. The number of fused-ring (bicyclic) bond motifs is 2. The van der Waals surface area contributed by atoms with Crippen LogP contribution < -0.4 is 5.32 Å². The van der Waals surface area contributed by atoms with Gasteiger partial charge in [0, 0.05) is 34.9 Å². The molecule has 0 radical (unpaired) electrons. The molecule has 1 aromatic heterocycles. The third-order valence-electron chi connectivity index (χ3n) is 6.73. The molecule has 0 spiro atoms. The van der Waals surface area contributed by atoms with E-state index >= 15 is 0 Å². The highest BCUT2D eigenvalue weighted by Crippen LogP contribution is 2.28. The predicted molar refractivity (Wildman–Crippen MR) is 153 cm³/mol. The number of aromatic nitrogens is 2. The molecule has 1 aliphatic rings. The van der Waals surface area contributed by atoms with Crippen molar-refractivity contribution in [3.05, 3.63) is 120 Å². The molecule has 1 atom stereocenters. The van der Waals surface area contributed by atoms with Crippen LogP contribution in [0.25, 0.3) is 22.4 Å². The monoisotopic (exact) mass is 518 g/mol.